The molecule has 6 heteroatoms. The zero-order valence-corrected chi connectivity index (χ0v) is 15.6. The van der Waals surface area contributed by atoms with E-state index in [9.17, 15) is 9.59 Å². The van der Waals surface area contributed by atoms with Gasteiger partial charge in [-0.3, -0.25) is 9.59 Å². The molecule has 2 heterocycles. The molecule has 2 amide bonds. The molecule has 25 heavy (non-hydrogen) atoms. The van der Waals surface area contributed by atoms with Crippen LogP contribution in [0.3, 0.4) is 0 Å². The maximum absolute atomic E-state index is 13.1. The van der Waals surface area contributed by atoms with Crippen LogP contribution >= 0.6 is 11.6 Å². The summed E-state index contributed by atoms with van der Waals surface area (Å²) in [6.45, 7) is 6.68. The van der Waals surface area contributed by atoms with Gasteiger partial charge in [0.25, 0.3) is 5.91 Å². The quantitative estimate of drug-likeness (QED) is 0.867. The van der Waals surface area contributed by atoms with Gasteiger partial charge in [0.15, 0.2) is 0 Å². The molecule has 5 nitrogen and oxygen atoms in total. The number of nitrogens with zero attached hydrogens (tertiary/aromatic N) is 1. The lowest BCUT2D eigenvalue weighted by atomic mass is 9.91. The largest absolute Gasteiger partial charge is 0.338 e. The van der Waals surface area contributed by atoms with E-state index in [1.807, 2.05) is 4.90 Å². The summed E-state index contributed by atoms with van der Waals surface area (Å²) >= 11 is 6.13. The number of anilines is 1. The van der Waals surface area contributed by atoms with Crippen molar-refractivity contribution in [1.29, 1.82) is 0 Å². The van der Waals surface area contributed by atoms with Crippen LogP contribution in [0.2, 0.25) is 5.02 Å². The van der Waals surface area contributed by atoms with E-state index in [0.717, 1.165) is 38.9 Å². The predicted molar refractivity (Wildman–Crippen MR) is 100.0 cm³/mol. The second-order valence-electron chi connectivity index (χ2n) is 7.48. The molecule has 0 radical (unpaired) electrons. The Hall–Kier alpha value is -1.59. The van der Waals surface area contributed by atoms with Crippen LogP contribution in [0, 0.1) is 11.8 Å². The van der Waals surface area contributed by atoms with Crippen LogP contribution < -0.4 is 10.6 Å². The topological polar surface area (TPSA) is 61.4 Å². The zero-order valence-electron chi connectivity index (χ0n) is 14.8. The molecule has 3 atom stereocenters. The van der Waals surface area contributed by atoms with Crippen molar-refractivity contribution in [3.05, 3.63) is 28.8 Å². The molecule has 3 rings (SSSR count). The monoisotopic (exact) mass is 363 g/mol. The SMILES string of the molecule is C[C@@H]1C[C@H](C)CN(C(=O)c2cc(Cl)ccc2NC(=O)C2CCCN2)C1. The molecule has 1 aromatic carbocycles. The zero-order chi connectivity index (χ0) is 18.0. The van der Waals surface area contributed by atoms with Crippen molar-refractivity contribution in [2.24, 2.45) is 11.8 Å². The molecule has 2 N–H and O–H groups in total. The smallest absolute Gasteiger partial charge is 0.256 e. The minimum atomic E-state index is -0.186. The number of carbonyl (C=O) groups is 2. The molecule has 136 valence electrons. The summed E-state index contributed by atoms with van der Waals surface area (Å²) in [6, 6.07) is 4.90. The van der Waals surface area contributed by atoms with Crippen LogP contribution in [-0.2, 0) is 4.79 Å². The van der Waals surface area contributed by atoms with Gasteiger partial charge in [-0.2, -0.15) is 0 Å². The number of carbonyl (C=O) groups excluding carboxylic acids is 2. The third-order valence-electron chi connectivity index (χ3n) is 5.00. The van der Waals surface area contributed by atoms with Crippen LogP contribution in [0.4, 0.5) is 5.69 Å². The molecular weight excluding hydrogens is 338 g/mol. The number of benzene rings is 1. The summed E-state index contributed by atoms with van der Waals surface area (Å²) in [5.74, 6) is 0.810. The Kier molecular flexibility index (Phi) is 5.64. The Morgan fingerprint density at radius 2 is 1.96 bits per heavy atom. The highest BCUT2D eigenvalue weighted by molar-refractivity contribution is 6.31. The first-order chi connectivity index (χ1) is 11.9. The Morgan fingerprint density at radius 1 is 1.24 bits per heavy atom. The number of piperidine rings is 1. The average Bonchev–Trinajstić information content (AvgIpc) is 3.09. The van der Waals surface area contributed by atoms with Gasteiger partial charge in [-0.05, 0) is 55.8 Å². The van der Waals surface area contributed by atoms with Crippen molar-refractivity contribution in [2.45, 2.75) is 39.2 Å². The van der Waals surface area contributed by atoms with Gasteiger partial charge < -0.3 is 15.5 Å². The van der Waals surface area contributed by atoms with E-state index >= 15 is 0 Å². The molecule has 0 saturated carbocycles. The van der Waals surface area contributed by atoms with E-state index in [2.05, 4.69) is 24.5 Å². The molecule has 2 aliphatic heterocycles. The van der Waals surface area contributed by atoms with Gasteiger partial charge in [0.05, 0.1) is 17.3 Å². The molecule has 2 fully saturated rings. The summed E-state index contributed by atoms with van der Waals surface area (Å²) in [5, 5.41) is 6.59. The highest BCUT2D eigenvalue weighted by atomic mass is 35.5. The van der Waals surface area contributed by atoms with E-state index in [0.29, 0.717) is 28.1 Å². The van der Waals surface area contributed by atoms with Crippen LogP contribution in [0.15, 0.2) is 18.2 Å². The van der Waals surface area contributed by atoms with E-state index in [1.54, 1.807) is 18.2 Å². The fourth-order valence-electron chi connectivity index (χ4n) is 3.93. The molecule has 2 aliphatic rings. The van der Waals surface area contributed by atoms with Gasteiger partial charge in [0.2, 0.25) is 5.91 Å². The van der Waals surface area contributed by atoms with Gasteiger partial charge in [-0.15, -0.1) is 0 Å². The van der Waals surface area contributed by atoms with Gasteiger partial charge in [-0.25, -0.2) is 0 Å². The summed E-state index contributed by atoms with van der Waals surface area (Å²) in [5.41, 5.74) is 1.01. The summed E-state index contributed by atoms with van der Waals surface area (Å²) in [6.07, 6.45) is 2.95. The van der Waals surface area contributed by atoms with Crippen LogP contribution in [-0.4, -0.2) is 42.4 Å². The van der Waals surface area contributed by atoms with Crippen molar-refractivity contribution < 1.29 is 9.59 Å². The first-order valence-electron chi connectivity index (χ1n) is 9.07. The van der Waals surface area contributed by atoms with E-state index < -0.39 is 0 Å². The molecule has 0 aromatic heterocycles. The fourth-order valence-corrected chi connectivity index (χ4v) is 4.10. The summed E-state index contributed by atoms with van der Waals surface area (Å²) < 4.78 is 0. The first-order valence-corrected chi connectivity index (χ1v) is 9.45. The first kappa shape index (κ1) is 18.2. The lowest BCUT2D eigenvalue weighted by molar-refractivity contribution is -0.117. The van der Waals surface area contributed by atoms with Gasteiger partial charge >= 0.3 is 0 Å². The predicted octanol–water partition coefficient (Wildman–Crippen LogP) is 3.15. The van der Waals surface area contributed by atoms with Gasteiger partial charge in [0.1, 0.15) is 0 Å². The highest BCUT2D eigenvalue weighted by Crippen LogP contribution is 2.27. The van der Waals surface area contributed by atoms with Gasteiger partial charge in [0, 0.05) is 18.1 Å². The normalized spacial score (nSPS) is 26.5. The van der Waals surface area contributed by atoms with E-state index in [1.165, 1.54) is 0 Å². The van der Waals surface area contributed by atoms with Crippen LogP contribution in [0.5, 0.6) is 0 Å². The van der Waals surface area contributed by atoms with Crippen molar-refractivity contribution in [3.63, 3.8) is 0 Å². The molecular formula is C19H26ClN3O2. The summed E-state index contributed by atoms with van der Waals surface area (Å²) in [4.78, 5) is 27.4. The number of rotatable bonds is 3. The standard InChI is InChI=1S/C19H26ClN3O2/c1-12-8-13(2)11-23(10-12)19(25)15-9-14(20)5-6-16(15)22-18(24)17-4-3-7-21-17/h5-6,9,12-13,17,21H,3-4,7-8,10-11H2,1-2H3,(H,22,24)/t12-,13+,17?. The average molecular weight is 364 g/mol. The van der Waals surface area contributed by atoms with Crippen molar-refractivity contribution >= 4 is 29.1 Å². The molecule has 2 saturated heterocycles. The van der Waals surface area contributed by atoms with E-state index in [4.69, 9.17) is 11.6 Å². The third-order valence-corrected chi connectivity index (χ3v) is 5.24. The Labute approximate surface area is 154 Å². The lowest BCUT2D eigenvalue weighted by Crippen LogP contribution is -2.43. The fraction of sp³-hybridized carbons (Fsp3) is 0.579. The minimum Gasteiger partial charge on any atom is -0.338 e. The third kappa shape index (κ3) is 4.33. The molecule has 1 unspecified atom stereocenters. The molecule has 0 spiro atoms. The van der Waals surface area contributed by atoms with E-state index in [-0.39, 0.29) is 17.9 Å². The van der Waals surface area contributed by atoms with Crippen molar-refractivity contribution in [2.75, 3.05) is 25.0 Å². The highest BCUT2D eigenvalue weighted by Gasteiger charge is 2.29. The Bertz CT molecular complexity index is 648. The van der Waals surface area contributed by atoms with Crippen molar-refractivity contribution in [1.82, 2.24) is 10.2 Å². The maximum Gasteiger partial charge on any atom is 0.256 e. The Balaban J connectivity index is 1.80. The molecule has 1 aromatic rings. The number of halogens is 1. The molecule has 0 bridgehead atoms. The number of hydrogen-bond donors (Lipinski definition) is 2. The second kappa shape index (κ2) is 7.75. The van der Waals surface area contributed by atoms with Crippen LogP contribution in [0.25, 0.3) is 0 Å². The summed E-state index contributed by atoms with van der Waals surface area (Å²) in [7, 11) is 0. The number of likely N-dealkylation sites (tertiary alicyclic amines) is 1. The van der Waals surface area contributed by atoms with Gasteiger partial charge in [-0.1, -0.05) is 25.4 Å². The Morgan fingerprint density at radius 3 is 2.60 bits per heavy atom. The second-order valence-corrected chi connectivity index (χ2v) is 7.92. The maximum atomic E-state index is 13.1. The van der Waals surface area contributed by atoms with Crippen molar-refractivity contribution in [3.8, 4) is 0 Å². The van der Waals surface area contributed by atoms with Crippen LogP contribution in [0.1, 0.15) is 43.5 Å². The molecule has 0 aliphatic carbocycles. The number of nitrogens with one attached hydrogen (secondary N) is 2. The number of hydrogen-bond acceptors (Lipinski definition) is 3. The number of amides is 2. The lowest BCUT2D eigenvalue weighted by Gasteiger charge is -2.35. The minimum absolute atomic E-state index is 0.0596.